The highest BCUT2D eigenvalue weighted by atomic mass is 35.5. The average Bonchev–Trinajstić information content (AvgIpc) is 2.84. The van der Waals surface area contributed by atoms with Gasteiger partial charge in [-0.05, 0) is 54.1 Å². The zero-order chi connectivity index (χ0) is 25.0. The molecule has 1 atom stereocenters. The number of nitrogens with one attached hydrogen (secondary N) is 1. The number of thioether (sulfide) groups is 1. The second-order valence-electron chi connectivity index (χ2n) is 7.64. The van der Waals surface area contributed by atoms with E-state index in [1.807, 2.05) is 6.07 Å². The maximum absolute atomic E-state index is 13.4. The molecule has 0 fully saturated rings. The number of ether oxygens (including phenoxy) is 1. The first-order valence-corrected chi connectivity index (χ1v) is 14.3. The van der Waals surface area contributed by atoms with Crippen LogP contribution in [0.25, 0.3) is 0 Å². The van der Waals surface area contributed by atoms with Crippen molar-refractivity contribution in [2.45, 2.75) is 16.8 Å². The van der Waals surface area contributed by atoms with Crippen LogP contribution < -0.4 is 14.4 Å². The number of hydrogen-bond acceptors (Lipinski definition) is 5. The fourth-order valence-corrected chi connectivity index (χ4v) is 6.50. The van der Waals surface area contributed by atoms with Gasteiger partial charge in [0.15, 0.2) is 6.10 Å². The zero-order valence-corrected chi connectivity index (χ0v) is 22.2. The number of fused-ring (bicyclic) bond motifs is 1. The third-order valence-electron chi connectivity index (χ3n) is 5.25. The molecule has 184 valence electrons. The zero-order valence-electron chi connectivity index (χ0n) is 18.3. The van der Waals surface area contributed by atoms with E-state index in [2.05, 4.69) is 5.32 Å². The quantitative estimate of drug-likeness (QED) is 0.354. The molecule has 0 bridgehead atoms. The van der Waals surface area contributed by atoms with Crippen LogP contribution >= 0.6 is 46.6 Å². The van der Waals surface area contributed by atoms with Crippen molar-refractivity contribution in [3.63, 3.8) is 0 Å². The van der Waals surface area contributed by atoms with Crippen molar-refractivity contribution in [3.05, 3.63) is 87.4 Å². The molecule has 1 aliphatic heterocycles. The fraction of sp³-hybridized carbons (Fsp3) is 0.208. The second-order valence-corrected chi connectivity index (χ2v) is 11.9. The fourth-order valence-electron chi connectivity index (χ4n) is 3.48. The molecule has 0 saturated heterocycles. The van der Waals surface area contributed by atoms with Gasteiger partial charge in [-0.15, -0.1) is 0 Å². The van der Waals surface area contributed by atoms with E-state index in [0.29, 0.717) is 44.6 Å². The molecule has 11 heteroatoms. The Hall–Kier alpha value is -2.10. The number of hydrogen-bond donors (Lipinski definition) is 1. The van der Waals surface area contributed by atoms with Crippen LogP contribution in [0.2, 0.25) is 15.1 Å². The molecule has 0 aliphatic carbocycles. The van der Waals surface area contributed by atoms with Crippen molar-refractivity contribution in [2.75, 3.05) is 23.1 Å². The molecular formula is C24H21Cl3N2O4S2. The van der Waals surface area contributed by atoms with Gasteiger partial charge in [0.1, 0.15) is 5.75 Å². The number of sulfonamides is 1. The molecule has 1 unspecified atom stereocenters. The van der Waals surface area contributed by atoms with Gasteiger partial charge in [-0.25, -0.2) is 8.42 Å². The van der Waals surface area contributed by atoms with Gasteiger partial charge in [-0.3, -0.25) is 9.10 Å². The summed E-state index contributed by atoms with van der Waals surface area (Å²) in [7, 11) is -3.94. The Labute approximate surface area is 223 Å². The van der Waals surface area contributed by atoms with Crippen LogP contribution in [-0.2, 0) is 20.6 Å². The van der Waals surface area contributed by atoms with Crippen LogP contribution in [0.4, 0.5) is 5.69 Å². The molecule has 0 spiro atoms. The van der Waals surface area contributed by atoms with Crippen molar-refractivity contribution in [1.82, 2.24) is 5.32 Å². The van der Waals surface area contributed by atoms with E-state index in [4.69, 9.17) is 39.5 Å². The Morgan fingerprint density at radius 1 is 1.03 bits per heavy atom. The van der Waals surface area contributed by atoms with Gasteiger partial charge in [0.2, 0.25) is 0 Å². The van der Waals surface area contributed by atoms with E-state index in [1.165, 1.54) is 28.6 Å². The van der Waals surface area contributed by atoms with Gasteiger partial charge in [0.25, 0.3) is 15.9 Å². The third-order valence-corrected chi connectivity index (χ3v) is 8.89. The van der Waals surface area contributed by atoms with Crippen LogP contribution in [0, 0.1) is 0 Å². The SMILES string of the molecule is O=C(NCCSCc1ccc(Cl)cc1Cl)C1CN(S(=O)(=O)c2ccc(Cl)cc2)c2ccccc2O1. The van der Waals surface area contributed by atoms with Crippen LogP contribution in [0.3, 0.4) is 0 Å². The first kappa shape index (κ1) is 26.0. The first-order valence-electron chi connectivity index (χ1n) is 10.6. The van der Waals surface area contributed by atoms with E-state index in [1.54, 1.807) is 48.2 Å². The predicted molar refractivity (Wildman–Crippen MR) is 142 cm³/mol. The normalized spacial score (nSPS) is 15.3. The standard InChI is InChI=1S/C24H21Cl3N2O4S2/c25-17-7-9-19(10-8-17)35(31,32)29-14-23(33-22-4-2-1-3-21(22)29)24(30)28-11-12-34-15-16-5-6-18(26)13-20(16)27/h1-10,13,23H,11-12,14-15H2,(H,28,30). The molecule has 0 aromatic heterocycles. The molecule has 3 aromatic rings. The summed E-state index contributed by atoms with van der Waals surface area (Å²) < 4.78 is 33.8. The summed E-state index contributed by atoms with van der Waals surface area (Å²) in [5.74, 6) is 1.25. The first-order chi connectivity index (χ1) is 16.8. The summed E-state index contributed by atoms with van der Waals surface area (Å²) in [6.45, 7) is 0.238. The molecule has 35 heavy (non-hydrogen) atoms. The van der Waals surface area contributed by atoms with Gasteiger partial charge in [-0.1, -0.05) is 53.0 Å². The van der Waals surface area contributed by atoms with Crippen LogP contribution in [-0.4, -0.2) is 39.3 Å². The minimum absolute atomic E-state index is 0.0787. The topological polar surface area (TPSA) is 75.7 Å². The average molecular weight is 572 g/mol. The Morgan fingerprint density at radius 3 is 2.49 bits per heavy atom. The monoisotopic (exact) mass is 570 g/mol. The lowest BCUT2D eigenvalue weighted by atomic mass is 10.2. The Balaban J connectivity index is 1.40. The van der Waals surface area contributed by atoms with Gasteiger partial charge >= 0.3 is 0 Å². The number of carbonyl (C=O) groups is 1. The largest absolute Gasteiger partial charge is 0.476 e. The van der Waals surface area contributed by atoms with E-state index in [0.717, 1.165) is 5.56 Å². The number of halogens is 3. The summed E-state index contributed by atoms with van der Waals surface area (Å²) in [5.41, 5.74) is 1.34. The summed E-state index contributed by atoms with van der Waals surface area (Å²) in [6.07, 6.45) is -0.998. The second kappa shape index (κ2) is 11.3. The van der Waals surface area contributed by atoms with E-state index in [-0.39, 0.29) is 17.3 Å². The maximum atomic E-state index is 13.4. The van der Waals surface area contributed by atoms with Crippen molar-refractivity contribution < 1.29 is 17.9 Å². The smallest absolute Gasteiger partial charge is 0.264 e. The molecule has 6 nitrogen and oxygen atoms in total. The number of anilines is 1. The minimum Gasteiger partial charge on any atom is -0.476 e. The van der Waals surface area contributed by atoms with Crippen molar-refractivity contribution >= 4 is 68.2 Å². The lowest BCUT2D eigenvalue weighted by Gasteiger charge is -2.34. The van der Waals surface area contributed by atoms with E-state index < -0.39 is 16.1 Å². The molecule has 1 heterocycles. The lowest BCUT2D eigenvalue weighted by Crippen LogP contribution is -2.51. The van der Waals surface area contributed by atoms with Crippen LogP contribution in [0.15, 0.2) is 71.6 Å². The molecule has 1 aliphatic rings. The van der Waals surface area contributed by atoms with Gasteiger partial charge in [-0.2, -0.15) is 11.8 Å². The molecule has 4 rings (SSSR count). The van der Waals surface area contributed by atoms with Crippen LogP contribution in [0.5, 0.6) is 5.75 Å². The number of nitrogens with zero attached hydrogens (tertiary/aromatic N) is 1. The molecule has 0 saturated carbocycles. The Morgan fingerprint density at radius 2 is 1.74 bits per heavy atom. The van der Waals surface area contributed by atoms with Crippen molar-refractivity contribution in [3.8, 4) is 5.75 Å². The lowest BCUT2D eigenvalue weighted by molar-refractivity contribution is -0.127. The highest BCUT2D eigenvalue weighted by Crippen LogP contribution is 2.37. The third kappa shape index (κ3) is 6.19. The maximum Gasteiger partial charge on any atom is 0.264 e. The predicted octanol–water partition coefficient (Wildman–Crippen LogP) is 5.65. The molecule has 0 radical (unpaired) electrons. The van der Waals surface area contributed by atoms with Crippen molar-refractivity contribution in [2.24, 2.45) is 0 Å². The van der Waals surface area contributed by atoms with E-state index in [9.17, 15) is 13.2 Å². The highest BCUT2D eigenvalue weighted by Gasteiger charge is 2.37. The number of carbonyl (C=O) groups excluding carboxylic acids is 1. The van der Waals surface area contributed by atoms with Crippen molar-refractivity contribution in [1.29, 1.82) is 0 Å². The molecule has 1 N–H and O–H groups in total. The summed E-state index contributed by atoms with van der Waals surface area (Å²) in [5, 5.41) is 4.45. The van der Waals surface area contributed by atoms with Gasteiger partial charge < -0.3 is 10.1 Å². The molecule has 1 amide bonds. The molecular weight excluding hydrogens is 551 g/mol. The minimum atomic E-state index is -3.94. The summed E-state index contributed by atoms with van der Waals surface area (Å²) in [4.78, 5) is 12.9. The summed E-state index contributed by atoms with van der Waals surface area (Å²) >= 11 is 19.6. The number of rotatable bonds is 8. The van der Waals surface area contributed by atoms with Gasteiger partial charge in [0.05, 0.1) is 17.1 Å². The molecule has 3 aromatic carbocycles. The Bertz CT molecular complexity index is 1320. The highest BCUT2D eigenvalue weighted by molar-refractivity contribution is 7.98. The van der Waals surface area contributed by atoms with Crippen LogP contribution in [0.1, 0.15) is 5.56 Å². The number of para-hydroxylation sites is 2. The Kier molecular flexibility index (Phi) is 8.39. The van der Waals surface area contributed by atoms with E-state index >= 15 is 0 Å². The number of amides is 1. The van der Waals surface area contributed by atoms with Gasteiger partial charge in [0, 0.05) is 33.1 Å². The summed E-state index contributed by atoms with van der Waals surface area (Å²) in [6, 6.07) is 18.0. The number of benzene rings is 3.